The Morgan fingerprint density at radius 2 is 2.29 bits per heavy atom. The zero-order valence-corrected chi connectivity index (χ0v) is 7.66. The van der Waals surface area contributed by atoms with Gasteiger partial charge in [0.1, 0.15) is 0 Å². The Labute approximate surface area is 81.9 Å². The number of carbonyl (C=O) groups excluding carboxylic acids is 1. The third-order valence-corrected chi connectivity index (χ3v) is 2.88. The molecule has 2 aliphatic heterocycles. The summed E-state index contributed by atoms with van der Waals surface area (Å²) in [4.78, 5) is 15.4. The van der Waals surface area contributed by atoms with Crippen LogP contribution < -0.4 is 5.32 Å². The molecule has 3 nitrogen and oxygen atoms in total. The molecule has 0 saturated carbocycles. The van der Waals surface area contributed by atoms with Crippen LogP contribution in [0, 0.1) is 5.92 Å². The number of fused-ring (bicyclic) bond motifs is 3. The lowest BCUT2D eigenvalue weighted by Gasteiger charge is -2.29. The number of amides is 1. The number of aliphatic imine (C=N–C) groups is 1. The predicted molar refractivity (Wildman–Crippen MR) is 53.6 cm³/mol. The highest BCUT2D eigenvalue weighted by Gasteiger charge is 2.30. The zero-order chi connectivity index (χ0) is 9.54. The molecule has 1 atom stereocenters. The Kier molecular flexibility index (Phi) is 1.48. The standard InChI is InChI=1S/C11H10N2O/c14-11-4-1-7-8-5-6-12-9(8)2-3-10(7)13-11/h2-3,5-7H,1,4H2,(H,13,14). The zero-order valence-electron chi connectivity index (χ0n) is 7.66. The molecule has 14 heavy (non-hydrogen) atoms. The second-order valence-electron chi connectivity index (χ2n) is 3.71. The maximum absolute atomic E-state index is 11.2. The SMILES string of the molecule is O=C1CCC2C(=CC=C3N=CC=C32)N1. The minimum Gasteiger partial charge on any atom is -0.329 e. The van der Waals surface area contributed by atoms with Crippen molar-refractivity contribution in [2.75, 3.05) is 0 Å². The van der Waals surface area contributed by atoms with Gasteiger partial charge in [0.25, 0.3) is 0 Å². The number of piperidine rings is 1. The summed E-state index contributed by atoms with van der Waals surface area (Å²) in [5.74, 6) is 0.485. The Bertz CT molecular complexity index is 427. The lowest BCUT2D eigenvalue weighted by atomic mass is 9.83. The molecule has 3 rings (SSSR count). The van der Waals surface area contributed by atoms with E-state index in [-0.39, 0.29) is 5.91 Å². The van der Waals surface area contributed by atoms with Gasteiger partial charge >= 0.3 is 0 Å². The van der Waals surface area contributed by atoms with Crippen LogP contribution in [0.2, 0.25) is 0 Å². The first-order valence-electron chi connectivity index (χ1n) is 4.81. The van der Waals surface area contributed by atoms with Crippen molar-refractivity contribution in [1.29, 1.82) is 0 Å². The first-order chi connectivity index (χ1) is 6.84. The van der Waals surface area contributed by atoms with Gasteiger partial charge in [0.05, 0.1) is 5.70 Å². The highest BCUT2D eigenvalue weighted by Crippen LogP contribution is 2.37. The molecular weight excluding hydrogens is 176 g/mol. The molecule has 3 aliphatic rings. The van der Waals surface area contributed by atoms with Crippen molar-refractivity contribution < 1.29 is 4.79 Å². The number of nitrogens with zero attached hydrogens (tertiary/aromatic N) is 1. The number of carbonyl (C=O) groups is 1. The molecule has 1 N–H and O–H groups in total. The first-order valence-corrected chi connectivity index (χ1v) is 4.81. The van der Waals surface area contributed by atoms with Gasteiger partial charge in [-0.05, 0) is 30.2 Å². The fourth-order valence-electron chi connectivity index (χ4n) is 2.18. The quantitative estimate of drug-likeness (QED) is 0.608. The molecule has 3 heteroatoms. The van der Waals surface area contributed by atoms with Gasteiger partial charge in [-0.3, -0.25) is 9.79 Å². The van der Waals surface area contributed by atoms with E-state index in [0.29, 0.717) is 12.3 Å². The Hall–Kier alpha value is -1.64. The molecule has 1 aliphatic carbocycles. The lowest BCUT2D eigenvalue weighted by molar-refractivity contribution is -0.121. The average Bonchev–Trinajstić information content (AvgIpc) is 2.65. The van der Waals surface area contributed by atoms with Crippen LogP contribution in [-0.2, 0) is 4.79 Å². The second-order valence-corrected chi connectivity index (χ2v) is 3.71. The van der Waals surface area contributed by atoms with E-state index in [1.54, 1.807) is 0 Å². The smallest absolute Gasteiger partial charge is 0.224 e. The third kappa shape index (κ3) is 0.985. The summed E-state index contributed by atoms with van der Waals surface area (Å²) in [5, 5.41) is 2.91. The summed E-state index contributed by atoms with van der Waals surface area (Å²) in [6, 6.07) is 0. The van der Waals surface area contributed by atoms with Crippen LogP contribution >= 0.6 is 0 Å². The average molecular weight is 186 g/mol. The highest BCUT2D eigenvalue weighted by atomic mass is 16.1. The van der Waals surface area contributed by atoms with Gasteiger partial charge < -0.3 is 5.32 Å². The van der Waals surface area contributed by atoms with Crippen LogP contribution in [0.3, 0.4) is 0 Å². The van der Waals surface area contributed by atoms with Gasteiger partial charge in [0.15, 0.2) is 0 Å². The highest BCUT2D eigenvalue weighted by molar-refractivity contribution is 5.83. The number of allylic oxidation sites excluding steroid dienone is 5. The lowest BCUT2D eigenvalue weighted by Crippen LogP contribution is -2.34. The van der Waals surface area contributed by atoms with Crippen LogP contribution in [0.5, 0.6) is 0 Å². The van der Waals surface area contributed by atoms with Crippen LogP contribution in [0.15, 0.2) is 40.2 Å². The summed E-state index contributed by atoms with van der Waals surface area (Å²) in [7, 11) is 0. The molecule has 1 amide bonds. The third-order valence-electron chi connectivity index (χ3n) is 2.88. The van der Waals surface area contributed by atoms with Crippen molar-refractivity contribution in [3.8, 4) is 0 Å². The molecule has 70 valence electrons. The molecule has 1 unspecified atom stereocenters. The van der Waals surface area contributed by atoms with Crippen molar-refractivity contribution >= 4 is 12.1 Å². The maximum Gasteiger partial charge on any atom is 0.224 e. The minimum atomic E-state index is 0.129. The van der Waals surface area contributed by atoms with Gasteiger partial charge in [-0.1, -0.05) is 0 Å². The molecule has 0 aromatic carbocycles. The van der Waals surface area contributed by atoms with E-state index in [1.165, 1.54) is 5.57 Å². The summed E-state index contributed by atoms with van der Waals surface area (Å²) < 4.78 is 0. The van der Waals surface area contributed by atoms with Crippen molar-refractivity contribution in [1.82, 2.24) is 5.32 Å². The number of rotatable bonds is 0. The molecule has 0 spiro atoms. The van der Waals surface area contributed by atoms with Gasteiger partial charge in [-0.15, -0.1) is 0 Å². The molecule has 0 aromatic rings. The molecule has 0 aromatic heterocycles. The molecule has 0 radical (unpaired) electrons. The normalized spacial score (nSPS) is 28.4. The predicted octanol–water partition coefficient (Wildman–Crippen LogP) is 1.30. The number of nitrogens with one attached hydrogen (secondary N) is 1. The van der Waals surface area contributed by atoms with E-state index >= 15 is 0 Å². The molecule has 1 saturated heterocycles. The summed E-state index contributed by atoms with van der Waals surface area (Å²) >= 11 is 0. The van der Waals surface area contributed by atoms with Crippen molar-refractivity contribution in [2.45, 2.75) is 12.8 Å². The Balaban J connectivity index is 2.01. The second kappa shape index (κ2) is 2.67. The number of hydrogen-bond donors (Lipinski definition) is 1. The van der Waals surface area contributed by atoms with E-state index < -0.39 is 0 Å². The first kappa shape index (κ1) is 7.74. The maximum atomic E-state index is 11.2. The van der Waals surface area contributed by atoms with Crippen LogP contribution in [-0.4, -0.2) is 12.1 Å². The van der Waals surface area contributed by atoms with Crippen LogP contribution in [0.4, 0.5) is 0 Å². The summed E-state index contributed by atoms with van der Waals surface area (Å²) in [5.41, 5.74) is 3.33. The van der Waals surface area contributed by atoms with E-state index in [9.17, 15) is 4.79 Å². The molecular formula is C11H10N2O. The van der Waals surface area contributed by atoms with E-state index in [0.717, 1.165) is 17.8 Å². The van der Waals surface area contributed by atoms with Gasteiger partial charge in [-0.25, -0.2) is 0 Å². The van der Waals surface area contributed by atoms with Crippen LogP contribution in [0.25, 0.3) is 0 Å². The molecule has 0 bridgehead atoms. The van der Waals surface area contributed by atoms with Crippen molar-refractivity contribution in [3.63, 3.8) is 0 Å². The van der Waals surface area contributed by atoms with Crippen molar-refractivity contribution in [3.05, 3.63) is 35.2 Å². The van der Waals surface area contributed by atoms with E-state index in [2.05, 4.69) is 10.3 Å². The van der Waals surface area contributed by atoms with Crippen LogP contribution in [0.1, 0.15) is 12.8 Å². The minimum absolute atomic E-state index is 0.129. The molecule has 2 heterocycles. The van der Waals surface area contributed by atoms with Gasteiger partial charge in [-0.2, -0.15) is 0 Å². The number of hydrogen-bond acceptors (Lipinski definition) is 2. The Morgan fingerprint density at radius 1 is 1.36 bits per heavy atom. The van der Waals surface area contributed by atoms with E-state index in [1.807, 2.05) is 24.4 Å². The van der Waals surface area contributed by atoms with Gasteiger partial charge in [0.2, 0.25) is 5.91 Å². The van der Waals surface area contributed by atoms with Gasteiger partial charge in [0, 0.05) is 24.3 Å². The monoisotopic (exact) mass is 186 g/mol. The van der Waals surface area contributed by atoms with Crippen molar-refractivity contribution in [2.24, 2.45) is 10.9 Å². The summed E-state index contributed by atoms with van der Waals surface area (Å²) in [6.07, 6.45) is 9.33. The van der Waals surface area contributed by atoms with E-state index in [4.69, 9.17) is 0 Å². The topological polar surface area (TPSA) is 41.5 Å². The fraction of sp³-hybridized carbons (Fsp3) is 0.273. The Morgan fingerprint density at radius 3 is 3.21 bits per heavy atom. The fourth-order valence-corrected chi connectivity index (χ4v) is 2.18. The summed E-state index contributed by atoms with van der Waals surface area (Å²) in [6.45, 7) is 0. The molecule has 1 fully saturated rings. The largest absolute Gasteiger partial charge is 0.329 e.